The van der Waals surface area contributed by atoms with Crippen LogP contribution in [0.4, 0.5) is 11.4 Å². The molecule has 1 saturated heterocycles. The van der Waals surface area contributed by atoms with Crippen LogP contribution in [0.5, 0.6) is 0 Å². The maximum atomic E-state index is 13.0. The molecule has 0 atom stereocenters. The van der Waals surface area contributed by atoms with Crippen LogP contribution in [0.3, 0.4) is 0 Å². The summed E-state index contributed by atoms with van der Waals surface area (Å²) in [6.07, 6.45) is 5.00. The highest BCUT2D eigenvalue weighted by Crippen LogP contribution is 2.28. The number of hydrogen-bond donors (Lipinski definition) is 2. The zero-order valence-corrected chi connectivity index (χ0v) is 17.5. The first kappa shape index (κ1) is 19.5. The molecule has 1 fully saturated rings. The Bertz CT molecular complexity index is 1250. The van der Waals surface area contributed by atoms with E-state index in [-0.39, 0.29) is 5.91 Å². The maximum Gasteiger partial charge on any atom is 0.258 e. The molecule has 5 rings (SSSR count). The molecule has 7 nitrogen and oxygen atoms in total. The summed E-state index contributed by atoms with van der Waals surface area (Å²) in [6, 6.07) is 15.4. The van der Waals surface area contributed by atoms with E-state index in [0.717, 1.165) is 48.7 Å². The van der Waals surface area contributed by atoms with E-state index in [2.05, 4.69) is 25.6 Å². The number of benzene rings is 2. The zero-order valence-electron chi connectivity index (χ0n) is 16.8. The highest BCUT2D eigenvalue weighted by atomic mass is 35.5. The van der Waals surface area contributed by atoms with Gasteiger partial charge in [0.1, 0.15) is 0 Å². The first-order chi connectivity index (χ1) is 15.2. The van der Waals surface area contributed by atoms with Crippen molar-refractivity contribution in [1.82, 2.24) is 19.9 Å². The summed E-state index contributed by atoms with van der Waals surface area (Å²) >= 11 is 6.12. The van der Waals surface area contributed by atoms with Crippen molar-refractivity contribution < 1.29 is 4.79 Å². The highest BCUT2D eigenvalue weighted by Gasteiger charge is 2.17. The summed E-state index contributed by atoms with van der Waals surface area (Å²) in [5.74, 6) is -0.225. The molecular weight excluding hydrogens is 412 g/mol. The minimum Gasteiger partial charge on any atom is -0.367 e. The van der Waals surface area contributed by atoms with Crippen LogP contribution in [0.25, 0.3) is 16.8 Å². The molecule has 0 unspecified atom stereocenters. The van der Waals surface area contributed by atoms with Crippen molar-refractivity contribution in [3.05, 3.63) is 77.7 Å². The summed E-state index contributed by atoms with van der Waals surface area (Å²) in [5, 5.41) is 11.4. The molecule has 1 aliphatic heterocycles. The third-order valence-corrected chi connectivity index (χ3v) is 5.60. The van der Waals surface area contributed by atoms with Gasteiger partial charge in [0, 0.05) is 49.2 Å². The number of rotatable bonds is 4. The van der Waals surface area contributed by atoms with Crippen molar-refractivity contribution in [1.29, 1.82) is 0 Å². The van der Waals surface area contributed by atoms with Crippen LogP contribution in [-0.2, 0) is 0 Å². The minimum atomic E-state index is -0.225. The molecule has 0 spiro atoms. The Morgan fingerprint density at radius 2 is 1.90 bits per heavy atom. The maximum absolute atomic E-state index is 13.0. The Balaban J connectivity index is 1.41. The Hall–Kier alpha value is -3.42. The smallest absolute Gasteiger partial charge is 0.258 e. The number of nitrogens with zero attached hydrogens (tertiary/aromatic N) is 4. The van der Waals surface area contributed by atoms with Gasteiger partial charge in [-0.15, -0.1) is 0 Å². The van der Waals surface area contributed by atoms with Crippen molar-refractivity contribution >= 4 is 34.5 Å². The summed E-state index contributed by atoms with van der Waals surface area (Å²) in [5.41, 5.74) is 4.70. The van der Waals surface area contributed by atoms with E-state index in [4.69, 9.17) is 11.6 Å². The summed E-state index contributed by atoms with van der Waals surface area (Å²) < 4.78 is 1.62. The van der Waals surface area contributed by atoms with E-state index in [1.165, 1.54) is 0 Å². The van der Waals surface area contributed by atoms with Gasteiger partial charge in [-0.05, 0) is 29.8 Å². The van der Waals surface area contributed by atoms with E-state index in [1.807, 2.05) is 48.5 Å². The second-order valence-electron chi connectivity index (χ2n) is 7.39. The Labute approximate surface area is 184 Å². The average Bonchev–Trinajstić information content (AvgIpc) is 3.23. The van der Waals surface area contributed by atoms with Crippen LogP contribution < -0.4 is 15.5 Å². The molecular formula is C23H21ClN6O. The van der Waals surface area contributed by atoms with Crippen LogP contribution >= 0.6 is 11.6 Å². The number of aromatic nitrogens is 3. The van der Waals surface area contributed by atoms with E-state index in [0.29, 0.717) is 16.2 Å². The van der Waals surface area contributed by atoms with Crippen molar-refractivity contribution in [2.45, 2.75) is 0 Å². The topological polar surface area (TPSA) is 74.6 Å². The van der Waals surface area contributed by atoms with Crippen molar-refractivity contribution in [2.75, 3.05) is 36.4 Å². The quantitative estimate of drug-likeness (QED) is 0.514. The lowest BCUT2D eigenvalue weighted by Crippen LogP contribution is -2.43. The van der Waals surface area contributed by atoms with Gasteiger partial charge in [-0.25, -0.2) is 9.50 Å². The summed E-state index contributed by atoms with van der Waals surface area (Å²) in [4.78, 5) is 19.7. The lowest BCUT2D eigenvalue weighted by atomic mass is 10.1. The van der Waals surface area contributed by atoms with Crippen molar-refractivity contribution in [3.8, 4) is 11.1 Å². The molecule has 0 radical (unpaired) electrons. The van der Waals surface area contributed by atoms with Gasteiger partial charge in [-0.1, -0.05) is 35.9 Å². The number of fused-ring (bicyclic) bond motifs is 1. The van der Waals surface area contributed by atoms with Crippen LogP contribution in [0.2, 0.25) is 5.02 Å². The van der Waals surface area contributed by atoms with E-state index < -0.39 is 0 Å². The third-order valence-electron chi connectivity index (χ3n) is 5.36. The number of carbonyl (C=O) groups is 1. The van der Waals surface area contributed by atoms with Crippen LogP contribution in [0.1, 0.15) is 10.4 Å². The van der Waals surface area contributed by atoms with Crippen LogP contribution in [-0.4, -0.2) is 46.7 Å². The molecule has 2 N–H and O–H groups in total. The molecule has 1 amide bonds. The standard InChI is InChI=1S/C23H21ClN6O/c24-18-5-3-4-16(12-18)19-14-27-30-15-17(13-26-22(19)30)23(31)28-20-6-1-2-7-21(20)29-10-8-25-9-11-29/h1-7,12-15,25H,8-11H2,(H,28,31). The molecule has 31 heavy (non-hydrogen) atoms. The molecule has 2 aromatic heterocycles. The van der Waals surface area contributed by atoms with Gasteiger partial charge in [-0.2, -0.15) is 5.10 Å². The van der Waals surface area contributed by atoms with Gasteiger partial charge in [-0.3, -0.25) is 4.79 Å². The van der Waals surface area contributed by atoms with Gasteiger partial charge in [0.2, 0.25) is 0 Å². The van der Waals surface area contributed by atoms with Gasteiger partial charge in [0.25, 0.3) is 5.91 Å². The second-order valence-corrected chi connectivity index (χ2v) is 7.82. The van der Waals surface area contributed by atoms with Crippen LogP contribution in [0, 0.1) is 0 Å². The first-order valence-electron chi connectivity index (χ1n) is 10.1. The molecule has 3 heterocycles. The number of amides is 1. The molecule has 0 saturated carbocycles. The predicted molar refractivity (Wildman–Crippen MR) is 123 cm³/mol. The van der Waals surface area contributed by atoms with Gasteiger partial charge in [0.15, 0.2) is 5.65 Å². The molecule has 0 bridgehead atoms. The zero-order chi connectivity index (χ0) is 21.2. The normalized spacial score (nSPS) is 14.0. The molecule has 156 valence electrons. The number of anilines is 2. The number of carbonyl (C=O) groups excluding carboxylic acids is 1. The average molecular weight is 433 g/mol. The second kappa shape index (κ2) is 8.37. The predicted octanol–water partition coefficient (Wildman–Crippen LogP) is 3.71. The first-order valence-corrected chi connectivity index (χ1v) is 10.5. The highest BCUT2D eigenvalue weighted by molar-refractivity contribution is 6.30. The number of nitrogens with one attached hydrogen (secondary N) is 2. The molecule has 1 aliphatic rings. The molecule has 0 aliphatic carbocycles. The Kier molecular flexibility index (Phi) is 5.28. The minimum absolute atomic E-state index is 0.225. The van der Waals surface area contributed by atoms with Gasteiger partial charge in [0.05, 0.1) is 23.1 Å². The number of para-hydroxylation sites is 2. The summed E-state index contributed by atoms with van der Waals surface area (Å²) in [6.45, 7) is 3.66. The monoisotopic (exact) mass is 432 g/mol. The van der Waals surface area contributed by atoms with Crippen LogP contribution in [0.15, 0.2) is 67.1 Å². The molecule has 2 aromatic carbocycles. The van der Waals surface area contributed by atoms with Crippen molar-refractivity contribution in [3.63, 3.8) is 0 Å². The lowest BCUT2D eigenvalue weighted by Gasteiger charge is -2.31. The fraction of sp³-hybridized carbons (Fsp3) is 0.174. The fourth-order valence-electron chi connectivity index (χ4n) is 3.81. The van der Waals surface area contributed by atoms with Gasteiger partial charge < -0.3 is 15.5 Å². The number of halogens is 1. The molecule has 4 aromatic rings. The lowest BCUT2D eigenvalue weighted by molar-refractivity contribution is 0.102. The Morgan fingerprint density at radius 3 is 2.74 bits per heavy atom. The summed E-state index contributed by atoms with van der Waals surface area (Å²) in [7, 11) is 0. The SMILES string of the molecule is O=C(Nc1ccccc1N1CCNCC1)c1cnc2c(-c3cccc(Cl)c3)cnn2c1. The van der Waals surface area contributed by atoms with Crippen molar-refractivity contribution in [2.24, 2.45) is 0 Å². The van der Waals surface area contributed by atoms with E-state index in [9.17, 15) is 4.79 Å². The number of hydrogen-bond acceptors (Lipinski definition) is 5. The van der Waals surface area contributed by atoms with E-state index >= 15 is 0 Å². The fourth-order valence-corrected chi connectivity index (χ4v) is 4.00. The largest absolute Gasteiger partial charge is 0.367 e. The number of piperazine rings is 1. The van der Waals surface area contributed by atoms with E-state index in [1.54, 1.807) is 23.1 Å². The Morgan fingerprint density at radius 1 is 1.06 bits per heavy atom. The third kappa shape index (κ3) is 3.97. The van der Waals surface area contributed by atoms with Gasteiger partial charge >= 0.3 is 0 Å². The molecule has 8 heteroatoms.